The second kappa shape index (κ2) is 11.9. The first-order chi connectivity index (χ1) is 12.9. The Kier molecular flexibility index (Phi) is 10.8. The molecule has 0 aromatic rings. The maximum absolute atomic E-state index is 12.5. The van der Waals surface area contributed by atoms with E-state index in [0.29, 0.717) is 0 Å². The maximum atomic E-state index is 12.5. The largest absolute Gasteiger partial charge is 0.480 e. The van der Waals surface area contributed by atoms with Gasteiger partial charge >= 0.3 is 5.97 Å². The summed E-state index contributed by atoms with van der Waals surface area (Å²) < 4.78 is 0. The van der Waals surface area contributed by atoms with Gasteiger partial charge in [0.05, 0.1) is 13.0 Å². The normalized spacial score (nSPS) is 14.1. The molecule has 0 aromatic carbocycles. The van der Waals surface area contributed by atoms with Gasteiger partial charge in [0, 0.05) is 0 Å². The minimum Gasteiger partial charge on any atom is -0.480 e. The first-order valence-electron chi connectivity index (χ1n) is 9.00. The van der Waals surface area contributed by atoms with Gasteiger partial charge in [-0.05, 0) is 18.3 Å². The molecule has 3 atom stereocenters. The summed E-state index contributed by atoms with van der Waals surface area (Å²) in [6.07, 6.45) is -0.360. The summed E-state index contributed by atoms with van der Waals surface area (Å²) in [5.41, 5.74) is 10.4. The van der Waals surface area contributed by atoms with Crippen molar-refractivity contribution in [2.75, 3.05) is 6.54 Å². The summed E-state index contributed by atoms with van der Waals surface area (Å²) in [4.78, 5) is 59.2. The van der Waals surface area contributed by atoms with Gasteiger partial charge in [0.1, 0.15) is 18.1 Å². The Morgan fingerprint density at radius 3 is 1.82 bits per heavy atom. The highest BCUT2D eigenvalue weighted by Gasteiger charge is 2.31. The Bertz CT molecular complexity index is 593. The molecule has 0 fully saturated rings. The van der Waals surface area contributed by atoms with Gasteiger partial charge in [0.2, 0.25) is 23.6 Å². The summed E-state index contributed by atoms with van der Waals surface area (Å²) in [5.74, 6) is -4.57. The van der Waals surface area contributed by atoms with Crippen LogP contribution in [-0.2, 0) is 24.0 Å². The van der Waals surface area contributed by atoms with Crippen molar-refractivity contribution in [3.05, 3.63) is 0 Å². The SMILES string of the molecule is CC(C)CC(NC(=O)C(CC(N)=O)NC(=O)C(NC(=O)CN)C(C)C)C(=O)O. The number of hydrogen-bond donors (Lipinski definition) is 6. The Morgan fingerprint density at radius 2 is 1.43 bits per heavy atom. The first kappa shape index (κ1) is 25.3. The van der Waals surface area contributed by atoms with Gasteiger partial charge in [0.15, 0.2) is 0 Å². The van der Waals surface area contributed by atoms with E-state index < -0.39 is 54.1 Å². The van der Waals surface area contributed by atoms with Crippen LogP contribution in [0, 0.1) is 11.8 Å². The lowest BCUT2D eigenvalue weighted by Gasteiger charge is -2.26. The molecule has 0 saturated heterocycles. The molecule has 3 unspecified atom stereocenters. The van der Waals surface area contributed by atoms with Crippen molar-refractivity contribution >= 4 is 29.6 Å². The van der Waals surface area contributed by atoms with E-state index in [9.17, 15) is 29.1 Å². The Hall–Kier alpha value is -2.69. The van der Waals surface area contributed by atoms with Crippen molar-refractivity contribution in [3.8, 4) is 0 Å². The molecule has 0 aromatic heterocycles. The van der Waals surface area contributed by atoms with Crippen LogP contribution in [0.2, 0.25) is 0 Å². The van der Waals surface area contributed by atoms with Crippen LogP contribution in [0.1, 0.15) is 40.5 Å². The second-order valence-electron chi connectivity index (χ2n) is 7.25. The molecule has 0 saturated carbocycles. The molecule has 160 valence electrons. The van der Waals surface area contributed by atoms with Crippen molar-refractivity contribution in [1.82, 2.24) is 16.0 Å². The van der Waals surface area contributed by atoms with Gasteiger partial charge in [-0.3, -0.25) is 19.2 Å². The second-order valence-corrected chi connectivity index (χ2v) is 7.25. The van der Waals surface area contributed by atoms with E-state index in [1.807, 2.05) is 0 Å². The van der Waals surface area contributed by atoms with Crippen LogP contribution in [0.3, 0.4) is 0 Å². The van der Waals surface area contributed by atoms with E-state index in [1.54, 1.807) is 27.7 Å². The number of carbonyl (C=O) groups excluding carboxylic acids is 4. The molecule has 4 amide bonds. The minimum absolute atomic E-state index is 0.0117. The summed E-state index contributed by atoms with van der Waals surface area (Å²) in [5, 5.41) is 16.3. The van der Waals surface area contributed by atoms with Crippen LogP contribution in [0.4, 0.5) is 0 Å². The number of primary amides is 1. The van der Waals surface area contributed by atoms with Crippen LogP contribution in [0.25, 0.3) is 0 Å². The number of carboxylic acid groups (broad SMARTS) is 1. The molecule has 0 bridgehead atoms. The van der Waals surface area contributed by atoms with E-state index in [-0.39, 0.29) is 24.8 Å². The third kappa shape index (κ3) is 9.31. The number of hydrogen-bond acceptors (Lipinski definition) is 6. The molecule has 8 N–H and O–H groups in total. The quantitative estimate of drug-likeness (QED) is 0.219. The first-order valence-corrected chi connectivity index (χ1v) is 9.00. The van der Waals surface area contributed by atoms with E-state index in [4.69, 9.17) is 11.5 Å². The van der Waals surface area contributed by atoms with Crippen LogP contribution in [0.15, 0.2) is 0 Å². The Morgan fingerprint density at radius 1 is 0.893 bits per heavy atom. The topological polar surface area (TPSA) is 194 Å². The lowest BCUT2D eigenvalue weighted by Crippen LogP contribution is -2.58. The molecule has 0 radical (unpaired) electrons. The molecule has 0 aliphatic carbocycles. The molecule has 0 aliphatic heterocycles. The zero-order chi connectivity index (χ0) is 22.0. The Balaban J connectivity index is 5.35. The highest BCUT2D eigenvalue weighted by atomic mass is 16.4. The van der Waals surface area contributed by atoms with E-state index in [2.05, 4.69) is 16.0 Å². The summed E-state index contributed by atoms with van der Waals surface area (Å²) in [6.45, 7) is 6.61. The number of amides is 4. The van der Waals surface area contributed by atoms with Gasteiger partial charge in [-0.15, -0.1) is 0 Å². The molecule has 0 aliphatic rings. The van der Waals surface area contributed by atoms with Gasteiger partial charge in [-0.25, -0.2) is 4.79 Å². The predicted molar refractivity (Wildman–Crippen MR) is 101 cm³/mol. The monoisotopic (exact) mass is 401 g/mol. The zero-order valence-electron chi connectivity index (χ0n) is 16.7. The predicted octanol–water partition coefficient (Wildman–Crippen LogP) is -1.94. The highest BCUT2D eigenvalue weighted by Crippen LogP contribution is 2.07. The number of aliphatic carboxylic acids is 1. The molecular formula is C17H31N5O6. The molecule has 0 spiro atoms. The summed E-state index contributed by atoms with van der Waals surface area (Å²) >= 11 is 0. The van der Waals surface area contributed by atoms with Crippen molar-refractivity contribution in [2.45, 2.75) is 58.7 Å². The van der Waals surface area contributed by atoms with Crippen LogP contribution in [-0.4, -0.2) is 59.4 Å². The summed E-state index contributed by atoms with van der Waals surface area (Å²) in [7, 11) is 0. The molecule has 11 heteroatoms. The van der Waals surface area contributed by atoms with Crippen molar-refractivity contribution in [2.24, 2.45) is 23.3 Å². The summed E-state index contributed by atoms with van der Waals surface area (Å²) in [6, 6.07) is -3.56. The van der Waals surface area contributed by atoms with Crippen LogP contribution < -0.4 is 27.4 Å². The molecular weight excluding hydrogens is 370 g/mol. The van der Waals surface area contributed by atoms with Crippen molar-refractivity contribution in [1.29, 1.82) is 0 Å². The van der Waals surface area contributed by atoms with Gasteiger partial charge in [-0.1, -0.05) is 27.7 Å². The molecule has 28 heavy (non-hydrogen) atoms. The van der Waals surface area contributed by atoms with Crippen molar-refractivity contribution < 1.29 is 29.1 Å². The smallest absolute Gasteiger partial charge is 0.326 e. The standard InChI is InChI=1S/C17H31N5O6/c1-8(2)5-11(17(27)28)21-15(25)10(6-12(19)23)20-16(26)14(9(3)4)22-13(24)7-18/h8-11,14H,5-7,18H2,1-4H3,(H2,19,23)(H,20,26)(H,21,25)(H,22,24)(H,27,28). The van der Waals surface area contributed by atoms with E-state index >= 15 is 0 Å². The van der Waals surface area contributed by atoms with Crippen LogP contribution in [0.5, 0.6) is 0 Å². The Labute approximate surface area is 164 Å². The number of rotatable bonds is 12. The van der Waals surface area contributed by atoms with Gasteiger partial charge in [0.25, 0.3) is 0 Å². The highest BCUT2D eigenvalue weighted by molar-refractivity contribution is 5.95. The number of carbonyl (C=O) groups is 5. The third-order valence-electron chi connectivity index (χ3n) is 3.81. The lowest BCUT2D eigenvalue weighted by atomic mass is 10.0. The average Bonchev–Trinajstić information content (AvgIpc) is 2.56. The van der Waals surface area contributed by atoms with Crippen molar-refractivity contribution in [3.63, 3.8) is 0 Å². The molecule has 11 nitrogen and oxygen atoms in total. The number of nitrogens with two attached hydrogens (primary N) is 2. The minimum atomic E-state index is -1.38. The van der Waals surface area contributed by atoms with E-state index in [0.717, 1.165) is 0 Å². The fourth-order valence-corrected chi connectivity index (χ4v) is 2.40. The average molecular weight is 401 g/mol. The molecule has 0 heterocycles. The maximum Gasteiger partial charge on any atom is 0.326 e. The molecule has 0 rings (SSSR count). The lowest BCUT2D eigenvalue weighted by molar-refractivity contribution is -0.143. The van der Waals surface area contributed by atoms with Gasteiger partial charge < -0.3 is 32.5 Å². The van der Waals surface area contributed by atoms with Crippen LogP contribution >= 0.6 is 0 Å². The fourth-order valence-electron chi connectivity index (χ4n) is 2.40. The zero-order valence-corrected chi connectivity index (χ0v) is 16.7. The fraction of sp³-hybridized carbons (Fsp3) is 0.706. The third-order valence-corrected chi connectivity index (χ3v) is 3.81. The van der Waals surface area contributed by atoms with Gasteiger partial charge in [-0.2, -0.15) is 0 Å². The number of nitrogens with one attached hydrogen (secondary N) is 3. The van der Waals surface area contributed by atoms with E-state index in [1.165, 1.54) is 0 Å². The number of carboxylic acids is 1.